The van der Waals surface area contributed by atoms with Gasteiger partial charge >= 0.3 is 0 Å². The van der Waals surface area contributed by atoms with E-state index in [1.54, 1.807) is 25.1 Å². The number of nitrogens with zero attached hydrogens (tertiary/aromatic N) is 2. The number of ether oxygens (including phenoxy) is 3. The van der Waals surface area contributed by atoms with Gasteiger partial charge in [0.05, 0.1) is 56.4 Å². The van der Waals surface area contributed by atoms with E-state index in [4.69, 9.17) is 14.2 Å². The molecule has 13 heteroatoms. The molecular formula is C24H29N3O8S2. The van der Waals surface area contributed by atoms with Crippen molar-refractivity contribution in [2.24, 2.45) is 0 Å². The standard InChI is InChI=1S/C24H29N3O8S2/c1-4-35-19-11-15(5-6-18(19)33-2)17(14-37(3,31)32)27-23(29)16-13-36-22(21(16)24(27)30)25-20(28)12-26-7-9-34-10-8-26/h5-6,11,13,17H,4,7-10,12,14H2,1-3H3,(H,25,28). The number of rotatable bonds is 10. The molecule has 1 fully saturated rings. The van der Waals surface area contributed by atoms with Gasteiger partial charge in [-0.1, -0.05) is 6.07 Å². The molecule has 1 N–H and O–H groups in total. The van der Waals surface area contributed by atoms with Gasteiger partial charge in [0.2, 0.25) is 5.91 Å². The van der Waals surface area contributed by atoms with E-state index >= 15 is 0 Å². The van der Waals surface area contributed by atoms with Gasteiger partial charge in [-0.3, -0.25) is 24.2 Å². The Bertz CT molecular complexity index is 1300. The van der Waals surface area contributed by atoms with Gasteiger partial charge in [-0.05, 0) is 24.6 Å². The minimum Gasteiger partial charge on any atom is -0.493 e. The lowest BCUT2D eigenvalue weighted by atomic mass is 10.1. The lowest BCUT2D eigenvalue weighted by Crippen LogP contribution is -2.41. The van der Waals surface area contributed by atoms with Crippen LogP contribution in [0, 0.1) is 0 Å². The molecule has 200 valence electrons. The molecule has 0 bridgehead atoms. The minimum atomic E-state index is -3.61. The van der Waals surface area contributed by atoms with Crippen LogP contribution < -0.4 is 14.8 Å². The van der Waals surface area contributed by atoms with Crippen molar-refractivity contribution in [1.29, 1.82) is 0 Å². The van der Waals surface area contributed by atoms with E-state index in [1.807, 2.05) is 4.90 Å². The summed E-state index contributed by atoms with van der Waals surface area (Å²) in [6, 6.07) is 3.69. The zero-order valence-corrected chi connectivity index (χ0v) is 22.4. The Balaban J connectivity index is 1.63. The van der Waals surface area contributed by atoms with E-state index in [1.165, 1.54) is 12.5 Å². The number of methoxy groups -OCH3 is 1. The van der Waals surface area contributed by atoms with E-state index < -0.39 is 33.4 Å². The normalized spacial score (nSPS) is 17.0. The Hall–Kier alpha value is -3.00. The number of hydrogen-bond acceptors (Lipinski definition) is 10. The summed E-state index contributed by atoms with van der Waals surface area (Å²) >= 11 is 1.09. The van der Waals surface area contributed by atoms with E-state index in [2.05, 4.69) is 5.32 Å². The molecule has 1 saturated heterocycles. The third-order valence-corrected chi connectivity index (χ3v) is 7.86. The van der Waals surface area contributed by atoms with Crippen molar-refractivity contribution in [2.75, 3.05) is 63.9 Å². The van der Waals surface area contributed by atoms with Crippen LogP contribution >= 0.6 is 11.3 Å². The summed E-state index contributed by atoms with van der Waals surface area (Å²) in [4.78, 5) is 42.5. The zero-order chi connectivity index (χ0) is 26.7. The first-order valence-corrected chi connectivity index (χ1v) is 14.6. The maximum absolute atomic E-state index is 13.6. The summed E-state index contributed by atoms with van der Waals surface area (Å²) in [5.74, 6) is -1.27. The van der Waals surface area contributed by atoms with E-state index in [9.17, 15) is 22.8 Å². The molecule has 0 aliphatic carbocycles. The first-order valence-electron chi connectivity index (χ1n) is 11.7. The molecule has 0 spiro atoms. The second-order valence-corrected chi connectivity index (χ2v) is 11.8. The Morgan fingerprint density at radius 3 is 2.57 bits per heavy atom. The van der Waals surface area contributed by atoms with Crippen molar-refractivity contribution in [3.63, 3.8) is 0 Å². The second kappa shape index (κ2) is 11.2. The fourth-order valence-electron chi connectivity index (χ4n) is 4.35. The number of benzene rings is 1. The van der Waals surface area contributed by atoms with Gasteiger partial charge in [-0.15, -0.1) is 11.3 Å². The number of carbonyl (C=O) groups excluding carboxylic acids is 3. The summed E-state index contributed by atoms with van der Waals surface area (Å²) in [6.07, 6.45) is 1.05. The number of amides is 3. The van der Waals surface area contributed by atoms with Gasteiger partial charge in [-0.2, -0.15) is 0 Å². The van der Waals surface area contributed by atoms with Crippen LogP contribution in [-0.4, -0.2) is 94.5 Å². The third kappa shape index (κ3) is 5.95. The summed E-state index contributed by atoms with van der Waals surface area (Å²) < 4.78 is 40.9. The van der Waals surface area contributed by atoms with Gasteiger partial charge in [0.1, 0.15) is 14.8 Å². The number of nitrogens with one attached hydrogen (secondary N) is 1. The highest BCUT2D eigenvalue weighted by atomic mass is 32.2. The Labute approximate surface area is 219 Å². The number of thiophene rings is 1. The smallest absolute Gasteiger partial charge is 0.265 e. The number of carbonyl (C=O) groups is 3. The van der Waals surface area contributed by atoms with E-state index in [-0.39, 0.29) is 28.6 Å². The highest BCUT2D eigenvalue weighted by Gasteiger charge is 2.44. The molecule has 1 unspecified atom stereocenters. The summed E-state index contributed by atoms with van der Waals surface area (Å²) in [7, 11) is -2.14. The highest BCUT2D eigenvalue weighted by molar-refractivity contribution is 7.90. The minimum absolute atomic E-state index is 0.0716. The summed E-state index contributed by atoms with van der Waals surface area (Å²) in [5.41, 5.74) is 0.610. The molecule has 4 rings (SSSR count). The predicted molar refractivity (Wildman–Crippen MR) is 137 cm³/mol. The van der Waals surface area contributed by atoms with Crippen LogP contribution in [0.1, 0.15) is 39.2 Å². The van der Waals surface area contributed by atoms with E-state index in [0.717, 1.165) is 22.5 Å². The number of imide groups is 1. The molecule has 2 aromatic rings. The Morgan fingerprint density at radius 2 is 1.92 bits per heavy atom. The van der Waals surface area contributed by atoms with E-state index in [0.29, 0.717) is 50.0 Å². The zero-order valence-electron chi connectivity index (χ0n) is 20.8. The van der Waals surface area contributed by atoms with Crippen molar-refractivity contribution in [3.05, 3.63) is 40.3 Å². The van der Waals surface area contributed by atoms with Gasteiger partial charge in [0.15, 0.2) is 11.5 Å². The third-order valence-electron chi connectivity index (χ3n) is 6.04. The number of morpholine rings is 1. The molecule has 2 aliphatic rings. The quantitative estimate of drug-likeness (QED) is 0.439. The van der Waals surface area contributed by atoms with Crippen LogP contribution in [0.3, 0.4) is 0 Å². The van der Waals surface area contributed by atoms with Crippen molar-refractivity contribution < 1.29 is 37.0 Å². The predicted octanol–water partition coefficient (Wildman–Crippen LogP) is 1.81. The van der Waals surface area contributed by atoms with Gasteiger partial charge < -0.3 is 19.5 Å². The second-order valence-electron chi connectivity index (χ2n) is 8.72. The molecule has 2 aliphatic heterocycles. The fraction of sp³-hybridized carbons (Fsp3) is 0.458. The molecule has 0 saturated carbocycles. The van der Waals surface area contributed by atoms with Crippen LogP contribution in [0.4, 0.5) is 5.00 Å². The highest BCUT2D eigenvalue weighted by Crippen LogP contribution is 2.41. The fourth-order valence-corrected chi connectivity index (χ4v) is 6.21. The molecule has 1 aromatic heterocycles. The van der Waals surface area contributed by atoms with Gasteiger partial charge in [0.25, 0.3) is 11.8 Å². The molecule has 11 nitrogen and oxygen atoms in total. The average Bonchev–Trinajstić information content (AvgIpc) is 3.37. The van der Waals surface area contributed by atoms with Crippen molar-refractivity contribution in [2.45, 2.75) is 13.0 Å². The Kier molecular flexibility index (Phi) is 8.17. The number of fused-ring (bicyclic) bond motifs is 1. The molecule has 1 atom stereocenters. The number of anilines is 1. The van der Waals surface area contributed by atoms with Crippen LogP contribution in [0.5, 0.6) is 11.5 Å². The van der Waals surface area contributed by atoms with Crippen molar-refractivity contribution in [1.82, 2.24) is 9.80 Å². The summed E-state index contributed by atoms with van der Waals surface area (Å²) in [5, 5.41) is 4.52. The van der Waals surface area contributed by atoms with Crippen LogP contribution in [0.15, 0.2) is 23.6 Å². The monoisotopic (exact) mass is 551 g/mol. The van der Waals surface area contributed by atoms with Crippen molar-refractivity contribution in [3.8, 4) is 11.5 Å². The molecule has 0 radical (unpaired) electrons. The Morgan fingerprint density at radius 1 is 1.19 bits per heavy atom. The topological polar surface area (TPSA) is 132 Å². The van der Waals surface area contributed by atoms with Gasteiger partial charge in [0, 0.05) is 24.7 Å². The average molecular weight is 552 g/mol. The first-order chi connectivity index (χ1) is 17.6. The lowest BCUT2D eigenvalue weighted by Gasteiger charge is -2.27. The lowest BCUT2D eigenvalue weighted by molar-refractivity contribution is -0.118. The van der Waals surface area contributed by atoms with Crippen LogP contribution in [0.2, 0.25) is 0 Å². The van der Waals surface area contributed by atoms with Crippen LogP contribution in [-0.2, 0) is 19.4 Å². The first kappa shape index (κ1) is 27.0. The number of hydrogen-bond donors (Lipinski definition) is 1. The SMILES string of the molecule is CCOc1cc(C(CS(C)(=O)=O)N2C(=O)c3csc(NC(=O)CN4CCOCC4)c3C2=O)ccc1OC. The van der Waals surface area contributed by atoms with Gasteiger partial charge in [-0.25, -0.2) is 8.42 Å². The number of sulfone groups is 1. The van der Waals surface area contributed by atoms with Crippen LogP contribution in [0.25, 0.3) is 0 Å². The maximum atomic E-state index is 13.6. The molecule has 37 heavy (non-hydrogen) atoms. The molecule has 1 aromatic carbocycles. The molecule has 3 heterocycles. The summed E-state index contributed by atoms with van der Waals surface area (Å²) in [6.45, 7) is 4.59. The van der Waals surface area contributed by atoms with Crippen molar-refractivity contribution >= 4 is 43.9 Å². The maximum Gasteiger partial charge on any atom is 0.265 e. The largest absolute Gasteiger partial charge is 0.493 e. The molecule has 3 amide bonds. The molecular weight excluding hydrogens is 522 g/mol.